The average Bonchev–Trinajstić information content (AvgIpc) is 3.57. The highest BCUT2D eigenvalue weighted by Gasteiger charge is 2.44. The van der Waals surface area contributed by atoms with Crippen molar-refractivity contribution in [1.82, 2.24) is 24.4 Å². The molecule has 1 aliphatic carbocycles. The Morgan fingerprint density at radius 3 is 2.61 bits per heavy atom. The number of rotatable bonds is 5. The monoisotopic (exact) mass is 483 g/mol. The molecule has 0 bridgehead atoms. The molecule has 1 fully saturated rings. The van der Waals surface area contributed by atoms with E-state index in [9.17, 15) is 4.79 Å². The van der Waals surface area contributed by atoms with E-state index in [1.165, 1.54) is 29.5 Å². The molecule has 1 aliphatic heterocycles. The lowest BCUT2D eigenvalue weighted by Crippen LogP contribution is -2.59. The van der Waals surface area contributed by atoms with Gasteiger partial charge in [-0.3, -0.25) is 9.69 Å². The van der Waals surface area contributed by atoms with Gasteiger partial charge in [-0.15, -0.1) is 0 Å². The number of carbonyl (C=O) groups excluding carboxylic acids is 1. The van der Waals surface area contributed by atoms with E-state index in [1.54, 1.807) is 6.33 Å². The largest absolute Gasteiger partial charge is 0.356 e. The van der Waals surface area contributed by atoms with Crippen LogP contribution in [0.25, 0.3) is 16.7 Å². The van der Waals surface area contributed by atoms with E-state index in [4.69, 9.17) is 4.98 Å². The molecule has 0 spiro atoms. The zero-order valence-corrected chi connectivity index (χ0v) is 21.0. The maximum atomic E-state index is 13.7. The van der Waals surface area contributed by atoms with E-state index in [0.717, 1.165) is 61.6 Å². The van der Waals surface area contributed by atoms with E-state index < -0.39 is 5.54 Å². The Morgan fingerprint density at radius 1 is 1.06 bits per heavy atom. The number of benzene rings is 1. The lowest BCUT2D eigenvalue weighted by Gasteiger charge is -2.45. The standard InChI is InChI=1S/C28H33N7O/c1-33(2)28(27(36)31-20-8-7-9-21(18-20)34-14-5-6-15-34)12-16-35(17-13-28)26-24-22-10-3-4-11-23(22)32-25(24)29-19-30-26/h5-9,14-15,18-19H,3-4,10-13,16-17H2,1-2H3,(H,31,36)(H,29,30,32). The maximum absolute atomic E-state index is 13.7. The van der Waals surface area contributed by atoms with Gasteiger partial charge in [0.05, 0.1) is 5.39 Å². The minimum atomic E-state index is -0.580. The number of anilines is 2. The average molecular weight is 484 g/mol. The van der Waals surface area contributed by atoms with Crippen molar-refractivity contribution in [2.75, 3.05) is 37.4 Å². The zero-order chi connectivity index (χ0) is 24.7. The van der Waals surface area contributed by atoms with Gasteiger partial charge in [0, 0.05) is 42.6 Å². The van der Waals surface area contributed by atoms with Crippen molar-refractivity contribution in [2.45, 2.75) is 44.1 Å². The summed E-state index contributed by atoms with van der Waals surface area (Å²) >= 11 is 0. The summed E-state index contributed by atoms with van der Waals surface area (Å²) in [7, 11) is 4.02. The minimum absolute atomic E-state index is 0.0451. The first-order valence-electron chi connectivity index (χ1n) is 12.9. The van der Waals surface area contributed by atoms with E-state index in [1.807, 2.05) is 67.5 Å². The van der Waals surface area contributed by atoms with Gasteiger partial charge in [-0.1, -0.05) is 6.07 Å². The molecule has 1 amide bonds. The molecule has 8 nitrogen and oxygen atoms in total. The number of aryl methyl sites for hydroxylation is 2. The van der Waals surface area contributed by atoms with Crippen molar-refractivity contribution in [3.63, 3.8) is 0 Å². The summed E-state index contributed by atoms with van der Waals surface area (Å²) in [5.74, 6) is 1.05. The lowest BCUT2D eigenvalue weighted by atomic mass is 9.85. The minimum Gasteiger partial charge on any atom is -0.356 e. The van der Waals surface area contributed by atoms with E-state index in [-0.39, 0.29) is 5.91 Å². The van der Waals surface area contributed by atoms with Gasteiger partial charge < -0.3 is 19.8 Å². The molecule has 36 heavy (non-hydrogen) atoms. The van der Waals surface area contributed by atoms with Crippen LogP contribution in [0.3, 0.4) is 0 Å². The van der Waals surface area contributed by atoms with Crippen LogP contribution >= 0.6 is 0 Å². The Kier molecular flexibility index (Phi) is 5.76. The molecule has 0 atom stereocenters. The second kappa shape index (κ2) is 9.09. The van der Waals surface area contributed by atoms with Crippen molar-refractivity contribution in [2.24, 2.45) is 0 Å². The summed E-state index contributed by atoms with van der Waals surface area (Å²) in [6.07, 6.45) is 11.7. The van der Waals surface area contributed by atoms with Crippen LogP contribution in [0.15, 0.2) is 55.1 Å². The number of carbonyl (C=O) groups is 1. The van der Waals surface area contributed by atoms with Gasteiger partial charge in [-0.25, -0.2) is 9.97 Å². The summed E-state index contributed by atoms with van der Waals surface area (Å²) in [6.45, 7) is 1.53. The number of amides is 1. The van der Waals surface area contributed by atoms with Gasteiger partial charge >= 0.3 is 0 Å². The molecular weight excluding hydrogens is 450 g/mol. The number of H-pyrrole nitrogens is 1. The first-order chi connectivity index (χ1) is 17.5. The number of aromatic amines is 1. The van der Waals surface area contributed by atoms with Gasteiger partial charge in [-0.2, -0.15) is 0 Å². The fourth-order valence-corrected chi connectivity index (χ4v) is 5.91. The molecular formula is C28H33N7O. The fourth-order valence-electron chi connectivity index (χ4n) is 5.91. The van der Waals surface area contributed by atoms with E-state index in [2.05, 4.69) is 25.1 Å². The van der Waals surface area contributed by atoms with Crippen molar-refractivity contribution in [1.29, 1.82) is 0 Å². The lowest BCUT2D eigenvalue weighted by molar-refractivity contribution is -0.127. The SMILES string of the molecule is CN(C)C1(C(=O)Nc2cccc(-n3cccc3)c2)CCN(c2ncnc3[nH]c4c(c23)CCCC4)CC1. The van der Waals surface area contributed by atoms with Crippen LogP contribution in [0, 0.1) is 0 Å². The Hall–Kier alpha value is -3.65. The first kappa shape index (κ1) is 22.8. The van der Waals surface area contributed by atoms with Gasteiger partial charge in [0.25, 0.3) is 0 Å². The molecule has 8 heteroatoms. The van der Waals surface area contributed by atoms with Crippen LogP contribution in [0.1, 0.15) is 36.9 Å². The van der Waals surface area contributed by atoms with Gasteiger partial charge in [0.1, 0.15) is 23.3 Å². The zero-order valence-electron chi connectivity index (χ0n) is 21.0. The number of nitrogens with zero attached hydrogens (tertiary/aromatic N) is 5. The van der Waals surface area contributed by atoms with Crippen molar-refractivity contribution < 1.29 is 4.79 Å². The highest BCUT2D eigenvalue weighted by atomic mass is 16.2. The third-order valence-corrected chi connectivity index (χ3v) is 8.04. The number of nitrogens with one attached hydrogen (secondary N) is 2. The summed E-state index contributed by atoms with van der Waals surface area (Å²) in [5, 5.41) is 4.39. The molecule has 0 saturated carbocycles. The van der Waals surface area contributed by atoms with Crippen LogP contribution in [-0.2, 0) is 17.6 Å². The number of likely N-dealkylation sites (N-methyl/N-ethyl adjacent to an activating group) is 1. The third kappa shape index (κ3) is 3.86. The van der Waals surface area contributed by atoms with E-state index in [0.29, 0.717) is 0 Å². The molecule has 1 saturated heterocycles. The van der Waals surface area contributed by atoms with E-state index >= 15 is 0 Å². The summed E-state index contributed by atoms with van der Waals surface area (Å²) in [5.41, 5.74) is 4.90. The topological polar surface area (TPSA) is 82.1 Å². The molecule has 4 aromatic rings. The molecule has 6 rings (SSSR count). The quantitative estimate of drug-likeness (QED) is 0.445. The van der Waals surface area contributed by atoms with Gasteiger partial charge in [0.15, 0.2) is 0 Å². The first-order valence-corrected chi connectivity index (χ1v) is 12.9. The molecule has 0 radical (unpaired) electrons. The van der Waals surface area contributed by atoms with Gasteiger partial charge in [-0.05, 0) is 88.5 Å². The van der Waals surface area contributed by atoms with Crippen molar-refractivity contribution in [3.8, 4) is 5.69 Å². The maximum Gasteiger partial charge on any atom is 0.245 e. The second-order valence-electron chi connectivity index (χ2n) is 10.2. The van der Waals surface area contributed by atoms with Crippen LogP contribution in [-0.4, -0.2) is 63.0 Å². The van der Waals surface area contributed by atoms with Crippen LogP contribution < -0.4 is 10.2 Å². The summed E-state index contributed by atoms with van der Waals surface area (Å²) in [4.78, 5) is 31.0. The number of piperidine rings is 1. The molecule has 2 N–H and O–H groups in total. The number of aromatic nitrogens is 4. The molecule has 186 valence electrons. The second-order valence-corrected chi connectivity index (χ2v) is 10.2. The molecule has 4 heterocycles. The van der Waals surface area contributed by atoms with Crippen molar-refractivity contribution in [3.05, 3.63) is 66.4 Å². The predicted molar refractivity (Wildman–Crippen MR) is 143 cm³/mol. The Bertz CT molecular complexity index is 1380. The van der Waals surface area contributed by atoms with Crippen LogP contribution in [0.2, 0.25) is 0 Å². The highest BCUT2D eigenvalue weighted by molar-refractivity contribution is 5.99. The van der Waals surface area contributed by atoms with Crippen LogP contribution in [0.5, 0.6) is 0 Å². The fraction of sp³-hybridized carbons (Fsp3) is 0.393. The van der Waals surface area contributed by atoms with Gasteiger partial charge in [0.2, 0.25) is 5.91 Å². The van der Waals surface area contributed by atoms with Crippen molar-refractivity contribution >= 4 is 28.4 Å². The third-order valence-electron chi connectivity index (χ3n) is 8.04. The Balaban J connectivity index is 1.23. The Morgan fingerprint density at radius 2 is 1.83 bits per heavy atom. The number of hydrogen-bond donors (Lipinski definition) is 2. The predicted octanol–water partition coefficient (Wildman–Crippen LogP) is 4.17. The highest BCUT2D eigenvalue weighted by Crippen LogP contribution is 2.37. The number of fused-ring (bicyclic) bond motifs is 3. The number of hydrogen-bond acceptors (Lipinski definition) is 5. The molecule has 0 unspecified atom stereocenters. The molecule has 1 aromatic carbocycles. The normalized spacial score (nSPS) is 17.4. The van der Waals surface area contributed by atoms with Crippen LogP contribution in [0.4, 0.5) is 11.5 Å². The smallest absolute Gasteiger partial charge is 0.245 e. The molecule has 3 aromatic heterocycles. The summed E-state index contributed by atoms with van der Waals surface area (Å²) in [6, 6.07) is 12.0. The molecule has 2 aliphatic rings. The Labute approximate surface area is 211 Å². The summed E-state index contributed by atoms with van der Waals surface area (Å²) < 4.78 is 2.04.